The molecular formula is C12H22N2O2. The Morgan fingerprint density at radius 2 is 2.19 bits per heavy atom. The van der Waals surface area contributed by atoms with Crippen LogP contribution in [-0.2, 0) is 4.79 Å². The number of rotatable bonds is 4. The molecule has 0 aliphatic carbocycles. The Kier molecular flexibility index (Phi) is 4.96. The van der Waals surface area contributed by atoms with Gasteiger partial charge in [-0.25, -0.2) is 4.79 Å². The molecule has 1 heterocycles. The van der Waals surface area contributed by atoms with Gasteiger partial charge < -0.3 is 10.0 Å². The van der Waals surface area contributed by atoms with Crippen molar-refractivity contribution in [3.8, 4) is 0 Å². The highest BCUT2D eigenvalue weighted by Gasteiger charge is 2.23. The molecular weight excluding hydrogens is 204 g/mol. The van der Waals surface area contributed by atoms with Gasteiger partial charge in [0.2, 0.25) is 0 Å². The van der Waals surface area contributed by atoms with Crippen LogP contribution in [0.5, 0.6) is 0 Å². The molecule has 1 atom stereocenters. The summed E-state index contributed by atoms with van der Waals surface area (Å²) in [5.74, 6) is -0.882. The van der Waals surface area contributed by atoms with Crippen LogP contribution in [0.2, 0.25) is 0 Å². The van der Waals surface area contributed by atoms with Crippen molar-refractivity contribution >= 4 is 5.97 Å². The van der Waals surface area contributed by atoms with Gasteiger partial charge in [0, 0.05) is 31.2 Å². The smallest absolute Gasteiger partial charge is 0.332 e. The zero-order chi connectivity index (χ0) is 12.1. The topological polar surface area (TPSA) is 43.8 Å². The minimum Gasteiger partial charge on any atom is -0.478 e. The van der Waals surface area contributed by atoms with Gasteiger partial charge >= 0.3 is 5.97 Å². The average molecular weight is 226 g/mol. The lowest BCUT2D eigenvalue weighted by Gasteiger charge is -2.29. The Bertz CT molecular complexity index is 266. The van der Waals surface area contributed by atoms with Crippen LogP contribution in [0.15, 0.2) is 12.2 Å². The Morgan fingerprint density at radius 3 is 2.75 bits per heavy atom. The third-order valence-electron chi connectivity index (χ3n) is 3.19. The van der Waals surface area contributed by atoms with Crippen LogP contribution in [0.4, 0.5) is 0 Å². The van der Waals surface area contributed by atoms with Crippen molar-refractivity contribution in [1.29, 1.82) is 0 Å². The molecule has 0 radical (unpaired) electrons. The maximum atomic E-state index is 10.8. The molecule has 1 rings (SSSR count). The molecule has 1 N–H and O–H groups in total. The summed E-state index contributed by atoms with van der Waals surface area (Å²) in [5.41, 5.74) is 0.294. The minimum absolute atomic E-state index is 0.294. The van der Waals surface area contributed by atoms with Gasteiger partial charge in [0.15, 0.2) is 0 Å². The van der Waals surface area contributed by atoms with E-state index in [0.717, 1.165) is 32.5 Å². The van der Waals surface area contributed by atoms with Gasteiger partial charge in [0.1, 0.15) is 0 Å². The van der Waals surface area contributed by atoms with Crippen molar-refractivity contribution in [2.45, 2.75) is 25.8 Å². The summed E-state index contributed by atoms with van der Waals surface area (Å²) in [7, 11) is 2.12. The molecule has 0 bridgehead atoms. The Morgan fingerprint density at radius 1 is 1.50 bits per heavy atom. The van der Waals surface area contributed by atoms with Crippen molar-refractivity contribution in [1.82, 2.24) is 9.80 Å². The van der Waals surface area contributed by atoms with Crippen LogP contribution in [0, 0.1) is 0 Å². The first-order valence-electron chi connectivity index (χ1n) is 5.88. The van der Waals surface area contributed by atoms with Crippen LogP contribution in [-0.4, -0.2) is 60.1 Å². The first-order chi connectivity index (χ1) is 7.54. The SMILES string of the molecule is C=C(CN1CCCN(C)CC1CC)C(=O)O. The number of carboxylic acids is 1. The zero-order valence-corrected chi connectivity index (χ0v) is 10.3. The maximum absolute atomic E-state index is 10.8. The third kappa shape index (κ3) is 3.61. The fraction of sp³-hybridized carbons (Fsp3) is 0.750. The Balaban J connectivity index is 2.61. The lowest BCUT2D eigenvalue weighted by molar-refractivity contribution is -0.132. The molecule has 0 aromatic carbocycles. The van der Waals surface area contributed by atoms with E-state index < -0.39 is 5.97 Å². The number of aliphatic carboxylic acids is 1. The van der Waals surface area contributed by atoms with Crippen molar-refractivity contribution < 1.29 is 9.90 Å². The van der Waals surface area contributed by atoms with Crippen LogP contribution < -0.4 is 0 Å². The summed E-state index contributed by atoms with van der Waals surface area (Å²) in [6.45, 7) is 9.33. The fourth-order valence-electron chi connectivity index (χ4n) is 2.20. The molecule has 0 aromatic heterocycles. The molecule has 0 saturated carbocycles. The predicted octanol–water partition coefficient (Wildman–Crippen LogP) is 1.04. The molecule has 16 heavy (non-hydrogen) atoms. The number of likely N-dealkylation sites (N-methyl/N-ethyl adjacent to an activating group) is 1. The van der Waals surface area contributed by atoms with Gasteiger partial charge in [-0.2, -0.15) is 0 Å². The van der Waals surface area contributed by atoms with E-state index in [1.54, 1.807) is 0 Å². The number of hydrogen-bond acceptors (Lipinski definition) is 3. The zero-order valence-electron chi connectivity index (χ0n) is 10.3. The monoisotopic (exact) mass is 226 g/mol. The Labute approximate surface area is 97.5 Å². The lowest BCUT2D eigenvalue weighted by atomic mass is 10.1. The number of carboxylic acid groups (broad SMARTS) is 1. The summed E-state index contributed by atoms with van der Waals surface area (Å²) >= 11 is 0. The molecule has 1 fully saturated rings. The molecule has 0 amide bonds. The number of hydrogen-bond donors (Lipinski definition) is 1. The predicted molar refractivity (Wildman–Crippen MR) is 64.5 cm³/mol. The van der Waals surface area contributed by atoms with Gasteiger partial charge in [0.05, 0.1) is 0 Å². The largest absolute Gasteiger partial charge is 0.478 e. The third-order valence-corrected chi connectivity index (χ3v) is 3.19. The molecule has 4 heteroatoms. The van der Waals surface area contributed by atoms with E-state index >= 15 is 0 Å². The average Bonchev–Trinajstić information content (AvgIpc) is 2.40. The van der Waals surface area contributed by atoms with Gasteiger partial charge in [-0.05, 0) is 26.4 Å². The molecule has 1 aliphatic heterocycles. The van der Waals surface area contributed by atoms with Gasteiger partial charge in [-0.15, -0.1) is 0 Å². The minimum atomic E-state index is -0.882. The van der Waals surface area contributed by atoms with Crippen molar-refractivity contribution in [2.24, 2.45) is 0 Å². The molecule has 0 spiro atoms. The van der Waals surface area contributed by atoms with Crippen molar-refractivity contribution in [2.75, 3.05) is 33.2 Å². The summed E-state index contributed by atoms with van der Waals surface area (Å²) < 4.78 is 0. The van der Waals surface area contributed by atoms with Crippen molar-refractivity contribution in [3.63, 3.8) is 0 Å². The maximum Gasteiger partial charge on any atom is 0.332 e. The quantitative estimate of drug-likeness (QED) is 0.728. The number of nitrogens with zero attached hydrogens (tertiary/aromatic N) is 2. The van der Waals surface area contributed by atoms with E-state index in [1.807, 2.05) is 0 Å². The molecule has 92 valence electrons. The molecule has 1 saturated heterocycles. The molecule has 4 nitrogen and oxygen atoms in total. The molecule has 1 unspecified atom stereocenters. The van der Waals surface area contributed by atoms with Gasteiger partial charge in [0.25, 0.3) is 0 Å². The van der Waals surface area contributed by atoms with Crippen molar-refractivity contribution in [3.05, 3.63) is 12.2 Å². The molecule has 1 aliphatic rings. The van der Waals surface area contributed by atoms with Crippen LogP contribution >= 0.6 is 0 Å². The van der Waals surface area contributed by atoms with E-state index in [-0.39, 0.29) is 0 Å². The fourth-order valence-corrected chi connectivity index (χ4v) is 2.20. The number of carbonyl (C=O) groups is 1. The summed E-state index contributed by atoms with van der Waals surface area (Å²) in [4.78, 5) is 15.3. The van der Waals surface area contributed by atoms with E-state index in [2.05, 4.69) is 30.4 Å². The standard InChI is InChI=1S/C12H22N2O2/c1-4-11-9-13(3)6-5-7-14(11)8-10(2)12(15)16/h11H,2,4-9H2,1,3H3,(H,15,16). The summed E-state index contributed by atoms with van der Waals surface area (Å²) in [6.07, 6.45) is 2.15. The van der Waals surface area contributed by atoms with Gasteiger partial charge in [-0.1, -0.05) is 13.5 Å². The lowest BCUT2D eigenvalue weighted by Crippen LogP contribution is -2.41. The first-order valence-corrected chi connectivity index (χ1v) is 5.88. The molecule has 0 aromatic rings. The van der Waals surface area contributed by atoms with Crippen LogP contribution in [0.3, 0.4) is 0 Å². The van der Waals surface area contributed by atoms with E-state index in [0.29, 0.717) is 18.2 Å². The normalized spacial score (nSPS) is 24.0. The summed E-state index contributed by atoms with van der Waals surface area (Å²) in [5, 5.41) is 8.86. The highest BCUT2D eigenvalue weighted by Crippen LogP contribution is 2.13. The second-order valence-electron chi connectivity index (χ2n) is 4.56. The second-order valence-corrected chi connectivity index (χ2v) is 4.56. The summed E-state index contributed by atoms with van der Waals surface area (Å²) in [6, 6.07) is 0.448. The highest BCUT2D eigenvalue weighted by atomic mass is 16.4. The van der Waals surface area contributed by atoms with E-state index in [4.69, 9.17) is 5.11 Å². The van der Waals surface area contributed by atoms with Gasteiger partial charge in [-0.3, -0.25) is 4.90 Å². The van der Waals surface area contributed by atoms with Crippen LogP contribution in [0.25, 0.3) is 0 Å². The Hall–Kier alpha value is -0.870. The van der Waals surface area contributed by atoms with Crippen LogP contribution in [0.1, 0.15) is 19.8 Å². The van der Waals surface area contributed by atoms with E-state index in [9.17, 15) is 4.79 Å². The second kappa shape index (κ2) is 6.01. The first kappa shape index (κ1) is 13.2. The van der Waals surface area contributed by atoms with E-state index in [1.165, 1.54) is 0 Å². The highest BCUT2D eigenvalue weighted by molar-refractivity contribution is 5.86.